The number of nitrogens with one attached hydrogen (secondary N) is 1. The standard InChI is InChI=1S/C20H18ClN3O/c21-16-9-7-15(8-10-16)19(13-17-5-1-3-11-22-17)20(25)24-14-18-6-2-4-12-23-18/h1-12,19H,13-14H2,(H,24,25). The Hall–Kier alpha value is -2.72. The minimum absolute atomic E-state index is 0.0568. The Morgan fingerprint density at radius 1 is 0.920 bits per heavy atom. The number of amides is 1. The summed E-state index contributed by atoms with van der Waals surface area (Å²) in [6, 6.07) is 18.7. The number of halogens is 1. The molecule has 0 saturated heterocycles. The Balaban J connectivity index is 1.77. The molecule has 0 spiro atoms. The zero-order chi connectivity index (χ0) is 17.5. The highest BCUT2D eigenvalue weighted by Gasteiger charge is 2.21. The molecule has 2 aromatic heterocycles. The third-order valence-corrected chi connectivity index (χ3v) is 4.15. The molecule has 3 aromatic rings. The van der Waals surface area contributed by atoms with Crippen LogP contribution in [0.15, 0.2) is 73.1 Å². The summed E-state index contributed by atoms with van der Waals surface area (Å²) in [4.78, 5) is 21.4. The van der Waals surface area contributed by atoms with Crippen molar-refractivity contribution in [3.05, 3.63) is 95.0 Å². The van der Waals surface area contributed by atoms with Gasteiger partial charge in [0.1, 0.15) is 0 Å². The lowest BCUT2D eigenvalue weighted by atomic mass is 9.93. The van der Waals surface area contributed by atoms with Crippen LogP contribution in [0.1, 0.15) is 22.9 Å². The molecule has 0 aliphatic rings. The second-order valence-corrected chi connectivity index (χ2v) is 6.10. The van der Waals surface area contributed by atoms with Crippen LogP contribution in [0.5, 0.6) is 0 Å². The molecule has 126 valence electrons. The van der Waals surface area contributed by atoms with Crippen LogP contribution in [0.2, 0.25) is 5.02 Å². The molecule has 3 rings (SSSR count). The molecule has 2 heterocycles. The zero-order valence-electron chi connectivity index (χ0n) is 13.6. The van der Waals surface area contributed by atoms with Gasteiger partial charge < -0.3 is 5.32 Å². The highest BCUT2D eigenvalue weighted by molar-refractivity contribution is 6.30. The van der Waals surface area contributed by atoms with Gasteiger partial charge in [-0.1, -0.05) is 35.9 Å². The average Bonchev–Trinajstić information content (AvgIpc) is 2.67. The van der Waals surface area contributed by atoms with Gasteiger partial charge in [0.2, 0.25) is 5.91 Å². The van der Waals surface area contributed by atoms with E-state index in [1.54, 1.807) is 24.5 Å². The average molecular weight is 352 g/mol. The fourth-order valence-corrected chi connectivity index (χ4v) is 2.71. The van der Waals surface area contributed by atoms with E-state index >= 15 is 0 Å². The second kappa shape index (κ2) is 8.40. The summed E-state index contributed by atoms with van der Waals surface area (Å²) in [6.07, 6.45) is 3.97. The fraction of sp³-hybridized carbons (Fsp3) is 0.150. The zero-order valence-corrected chi connectivity index (χ0v) is 14.4. The van der Waals surface area contributed by atoms with Gasteiger partial charge in [0.15, 0.2) is 0 Å². The minimum Gasteiger partial charge on any atom is -0.350 e. The van der Waals surface area contributed by atoms with Crippen molar-refractivity contribution in [2.24, 2.45) is 0 Å². The molecule has 1 unspecified atom stereocenters. The van der Waals surface area contributed by atoms with Crippen molar-refractivity contribution in [2.45, 2.75) is 18.9 Å². The summed E-state index contributed by atoms with van der Waals surface area (Å²) in [6.45, 7) is 0.395. The maximum Gasteiger partial charge on any atom is 0.228 e. The number of carbonyl (C=O) groups is 1. The van der Waals surface area contributed by atoms with E-state index in [-0.39, 0.29) is 11.8 Å². The molecule has 0 fully saturated rings. The van der Waals surface area contributed by atoms with Crippen molar-refractivity contribution in [3.63, 3.8) is 0 Å². The Labute approximate surface area is 151 Å². The maximum absolute atomic E-state index is 12.8. The molecule has 0 bridgehead atoms. The van der Waals surface area contributed by atoms with Crippen molar-refractivity contribution in [3.8, 4) is 0 Å². The number of benzene rings is 1. The van der Waals surface area contributed by atoms with Gasteiger partial charge in [-0.15, -0.1) is 0 Å². The van der Waals surface area contributed by atoms with E-state index in [9.17, 15) is 4.79 Å². The molecule has 1 N–H and O–H groups in total. The summed E-state index contributed by atoms with van der Waals surface area (Å²) in [7, 11) is 0. The fourth-order valence-electron chi connectivity index (χ4n) is 2.59. The lowest BCUT2D eigenvalue weighted by Crippen LogP contribution is -2.30. The molecule has 1 aromatic carbocycles. The van der Waals surface area contributed by atoms with Crippen LogP contribution in [0.3, 0.4) is 0 Å². The predicted molar refractivity (Wildman–Crippen MR) is 98.2 cm³/mol. The molecule has 0 saturated carbocycles. The molecule has 5 heteroatoms. The van der Waals surface area contributed by atoms with Gasteiger partial charge in [-0.05, 0) is 42.0 Å². The summed E-state index contributed by atoms with van der Waals surface area (Å²) in [5, 5.41) is 3.62. The third kappa shape index (κ3) is 4.88. The van der Waals surface area contributed by atoms with E-state index in [0.29, 0.717) is 18.0 Å². The predicted octanol–water partition coefficient (Wildman–Crippen LogP) is 3.77. The van der Waals surface area contributed by atoms with Crippen LogP contribution in [0, 0.1) is 0 Å². The Kier molecular flexibility index (Phi) is 5.75. The molecule has 0 aliphatic heterocycles. The van der Waals surface area contributed by atoms with Gasteiger partial charge in [-0.25, -0.2) is 0 Å². The van der Waals surface area contributed by atoms with Gasteiger partial charge in [-0.2, -0.15) is 0 Å². The number of rotatable bonds is 6. The molecule has 0 aliphatic carbocycles. The van der Waals surface area contributed by atoms with Crippen LogP contribution in [0.25, 0.3) is 0 Å². The largest absolute Gasteiger partial charge is 0.350 e. The van der Waals surface area contributed by atoms with E-state index in [1.807, 2.05) is 48.5 Å². The van der Waals surface area contributed by atoms with E-state index < -0.39 is 0 Å². The SMILES string of the molecule is O=C(NCc1ccccn1)C(Cc1ccccn1)c1ccc(Cl)cc1. The van der Waals surface area contributed by atoms with Crippen molar-refractivity contribution in [1.82, 2.24) is 15.3 Å². The first-order valence-electron chi connectivity index (χ1n) is 8.05. The molecule has 25 heavy (non-hydrogen) atoms. The normalized spacial score (nSPS) is 11.7. The van der Waals surface area contributed by atoms with Crippen LogP contribution in [-0.2, 0) is 17.8 Å². The van der Waals surface area contributed by atoms with E-state index in [2.05, 4.69) is 15.3 Å². The topological polar surface area (TPSA) is 54.9 Å². The van der Waals surface area contributed by atoms with E-state index in [4.69, 9.17) is 11.6 Å². The van der Waals surface area contributed by atoms with Crippen LogP contribution in [-0.4, -0.2) is 15.9 Å². The van der Waals surface area contributed by atoms with E-state index in [0.717, 1.165) is 17.0 Å². The summed E-state index contributed by atoms with van der Waals surface area (Å²) in [5.41, 5.74) is 2.60. The first-order chi connectivity index (χ1) is 12.2. The monoisotopic (exact) mass is 351 g/mol. The summed E-state index contributed by atoms with van der Waals surface area (Å²) < 4.78 is 0. The van der Waals surface area contributed by atoms with Crippen molar-refractivity contribution >= 4 is 17.5 Å². The van der Waals surface area contributed by atoms with Gasteiger partial charge in [-0.3, -0.25) is 14.8 Å². The molecule has 0 radical (unpaired) electrons. The van der Waals surface area contributed by atoms with E-state index in [1.165, 1.54) is 0 Å². The summed E-state index contributed by atoms with van der Waals surface area (Å²) >= 11 is 5.98. The molecular weight excluding hydrogens is 334 g/mol. The minimum atomic E-state index is -0.337. The van der Waals surface area contributed by atoms with Crippen molar-refractivity contribution in [1.29, 1.82) is 0 Å². The molecule has 4 nitrogen and oxygen atoms in total. The lowest BCUT2D eigenvalue weighted by Gasteiger charge is -2.17. The smallest absolute Gasteiger partial charge is 0.228 e. The lowest BCUT2D eigenvalue weighted by molar-refractivity contribution is -0.122. The van der Waals surface area contributed by atoms with Gasteiger partial charge in [0.05, 0.1) is 18.2 Å². The maximum atomic E-state index is 12.8. The van der Waals surface area contributed by atoms with Crippen LogP contribution in [0.4, 0.5) is 0 Å². The van der Waals surface area contributed by atoms with Gasteiger partial charge >= 0.3 is 0 Å². The van der Waals surface area contributed by atoms with Gasteiger partial charge in [0.25, 0.3) is 0 Å². The summed E-state index contributed by atoms with van der Waals surface area (Å²) in [5.74, 6) is -0.394. The van der Waals surface area contributed by atoms with Crippen molar-refractivity contribution in [2.75, 3.05) is 0 Å². The molecule has 1 atom stereocenters. The van der Waals surface area contributed by atoms with Crippen LogP contribution < -0.4 is 5.32 Å². The Morgan fingerprint density at radius 3 is 2.16 bits per heavy atom. The highest BCUT2D eigenvalue weighted by Crippen LogP contribution is 2.22. The third-order valence-electron chi connectivity index (χ3n) is 3.90. The number of hydrogen-bond acceptors (Lipinski definition) is 3. The number of carbonyl (C=O) groups excluding carboxylic acids is 1. The first kappa shape index (κ1) is 17.1. The Bertz CT molecular complexity index is 807. The molecular formula is C20H18ClN3O. The number of aromatic nitrogens is 2. The number of pyridine rings is 2. The van der Waals surface area contributed by atoms with Crippen molar-refractivity contribution < 1.29 is 4.79 Å². The quantitative estimate of drug-likeness (QED) is 0.735. The Morgan fingerprint density at radius 2 is 1.56 bits per heavy atom. The van der Waals surface area contributed by atoms with Gasteiger partial charge in [0, 0.05) is 29.5 Å². The number of hydrogen-bond donors (Lipinski definition) is 1. The highest BCUT2D eigenvalue weighted by atomic mass is 35.5. The van der Waals surface area contributed by atoms with Crippen LogP contribution >= 0.6 is 11.6 Å². The second-order valence-electron chi connectivity index (χ2n) is 5.67. The molecule has 1 amide bonds. The first-order valence-corrected chi connectivity index (χ1v) is 8.43. The number of nitrogens with zero attached hydrogens (tertiary/aromatic N) is 2.